The number of hydrogen-bond donors (Lipinski definition) is 2. The van der Waals surface area contributed by atoms with Crippen LogP contribution >= 0.6 is 0 Å². The first-order chi connectivity index (χ1) is 16.3. The fourth-order valence-corrected chi connectivity index (χ4v) is 5.36. The predicted molar refractivity (Wildman–Crippen MR) is 116 cm³/mol. The van der Waals surface area contributed by atoms with Crippen LogP contribution in [0.15, 0.2) is 48.5 Å². The molecule has 2 saturated heterocycles. The molecule has 2 heterocycles. The molecular formula is C25H26F6N2O2. The van der Waals surface area contributed by atoms with Crippen molar-refractivity contribution >= 4 is 5.91 Å². The van der Waals surface area contributed by atoms with Crippen LogP contribution in [0, 0.1) is 5.92 Å². The molecule has 2 bridgehead atoms. The van der Waals surface area contributed by atoms with Crippen molar-refractivity contribution in [3.8, 4) is 0 Å². The number of carbonyl (C=O) groups excluding carboxylic acids is 1. The lowest BCUT2D eigenvalue weighted by Gasteiger charge is -2.43. The average molecular weight is 500 g/mol. The molecule has 4 nitrogen and oxygen atoms in total. The molecule has 4 rings (SSSR count). The van der Waals surface area contributed by atoms with E-state index in [0.717, 1.165) is 5.56 Å². The molecule has 0 spiro atoms. The third-order valence-electron chi connectivity index (χ3n) is 7.08. The summed E-state index contributed by atoms with van der Waals surface area (Å²) in [6.07, 6.45) is -10.0. The van der Waals surface area contributed by atoms with Gasteiger partial charge in [0.2, 0.25) is 5.91 Å². The topological polar surface area (TPSA) is 50.4 Å². The molecule has 0 aliphatic carbocycles. The van der Waals surface area contributed by atoms with Gasteiger partial charge in [-0.05, 0) is 55.5 Å². The van der Waals surface area contributed by atoms with Crippen LogP contribution in [0.2, 0.25) is 0 Å². The second kappa shape index (κ2) is 9.13. The Morgan fingerprint density at radius 3 is 2.17 bits per heavy atom. The van der Waals surface area contributed by atoms with Crippen molar-refractivity contribution in [3.63, 3.8) is 0 Å². The minimum absolute atomic E-state index is 0.110. The highest BCUT2D eigenvalue weighted by atomic mass is 19.4. The highest BCUT2D eigenvalue weighted by molar-refractivity contribution is 5.80. The number of benzene rings is 2. The minimum atomic E-state index is -4.94. The van der Waals surface area contributed by atoms with E-state index in [1.807, 2.05) is 30.3 Å². The number of halogens is 6. The Bertz CT molecular complexity index is 1040. The summed E-state index contributed by atoms with van der Waals surface area (Å²) in [6, 6.07) is 10.7. The monoisotopic (exact) mass is 500 g/mol. The van der Waals surface area contributed by atoms with Crippen molar-refractivity contribution in [1.82, 2.24) is 10.6 Å². The maximum Gasteiger partial charge on any atom is 0.416 e. The van der Waals surface area contributed by atoms with Gasteiger partial charge in [-0.25, -0.2) is 0 Å². The van der Waals surface area contributed by atoms with Gasteiger partial charge in [0, 0.05) is 13.1 Å². The fourth-order valence-electron chi connectivity index (χ4n) is 5.36. The zero-order valence-electron chi connectivity index (χ0n) is 19.1. The van der Waals surface area contributed by atoms with E-state index in [-0.39, 0.29) is 29.5 Å². The first-order valence-corrected chi connectivity index (χ1v) is 11.3. The van der Waals surface area contributed by atoms with Crippen LogP contribution in [0.5, 0.6) is 0 Å². The molecular weight excluding hydrogens is 474 g/mol. The van der Waals surface area contributed by atoms with E-state index in [9.17, 15) is 31.1 Å². The molecule has 0 radical (unpaired) electrons. The number of fused-ring (bicyclic) bond motifs is 2. The summed E-state index contributed by atoms with van der Waals surface area (Å²) in [7, 11) is 1.56. The summed E-state index contributed by atoms with van der Waals surface area (Å²) < 4.78 is 86.4. The van der Waals surface area contributed by atoms with Crippen molar-refractivity contribution in [2.45, 2.75) is 62.3 Å². The minimum Gasteiger partial charge on any atom is -0.368 e. The molecule has 0 aromatic heterocycles. The Kier molecular flexibility index (Phi) is 6.65. The number of hydrogen-bond acceptors (Lipinski definition) is 3. The van der Waals surface area contributed by atoms with E-state index in [0.29, 0.717) is 31.4 Å². The molecule has 2 aliphatic rings. The summed E-state index contributed by atoms with van der Waals surface area (Å²) >= 11 is 0. The van der Waals surface area contributed by atoms with Gasteiger partial charge >= 0.3 is 12.4 Å². The molecule has 10 heteroatoms. The van der Waals surface area contributed by atoms with Gasteiger partial charge in [0.15, 0.2) is 0 Å². The van der Waals surface area contributed by atoms with E-state index in [1.165, 1.54) is 6.92 Å². The zero-order valence-corrected chi connectivity index (χ0v) is 19.1. The molecule has 5 atom stereocenters. The SMILES string of the molecule is CNC(=O)[C@H]1C[C@@]2(c3ccccc3)N[C@@H]1CC[C@@H]2OC(C)c1cc(C(F)(F)F)cc(C(F)(F)F)c1. The van der Waals surface area contributed by atoms with Crippen LogP contribution < -0.4 is 10.6 Å². The smallest absolute Gasteiger partial charge is 0.368 e. The Morgan fingerprint density at radius 1 is 1.03 bits per heavy atom. The molecule has 2 aromatic carbocycles. The van der Waals surface area contributed by atoms with Gasteiger partial charge in [-0.15, -0.1) is 0 Å². The van der Waals surface area contributed by atoms with Crippen LogP contribution in [-0.2, 0) is 27.4 Å². The molecule has 1 unspecified atom stereocenters. The quantitative estimate of drug-likeness (QED) is 0.527. The largest absolute Gasteiger partial charge is 0.416 e. The van der Waals surface area contributed by atoms with E-state index in [1.54, 1.807) is 7.05 Å². The molecule has 2 aliphatic heterocycles. The van der Waals surface area contributed by atoms with Crippen molar-refractivity contribution < 1.29 is 35.9 Å². The van der Waals surface area contributed by atoms with Crippen LogP contribution in [-0.4, -0.2) is 25.1 Å². The number of amides is 1. The van der Waals surface area contributed by atoms with Gasteiger partial charge in [-0.1, -0.05) is 30.3 Å². The van der Waals surface area contributed by atoms with Gasteiger partial charge < -0.3 is 15.4 Å². The van der Waals surface area contributed by atoms with Gasteiger partial charge in [0.25, 0.3) is 0 Å². The van der Waals surface area contributed by atoms with E-state index < -0.39 is 41.2 Å². The third kappa shape index (κ3) is 4.91. The van der Waals surface area contributed by atoms with Gasteiger partial charge in [0.05, 0.1) is 34.8 Å². The summed E-state index contributed by atoms with van der Waals surface area (Å²) in [6.45, 7) is 1.45. The third-order valence-corrected chi connectivity index (χ3v) is 7.08. The molecule has 2 aromatic rings. The van der Waals surface area contributed by atoms with E-state index in [4.69, 9.17) is 4.74 Å². The highest BCUT2D eigenvalue weighted by Crippen LogP contribution is 2.49. The summed E-state index contributed by atoms with van der Waals surface area (Å²) in [5.74, 6) is -0.462. The summed E-state index contributed by atoms with van der Waals surface area (Å²) in [5.41, 5.74) is -2.91. The molecule has 0 saturated carbocycles. The summed E-state index contributed by atoms with van der Waals surface area (Å²) in [5, 5.41) is 6.20. The molecule has 2 N–H and O–H groups in total. The van der Waals surface area contributed by atoms with Gasteiger partial charge in [0.1, 0.15) is 0 Å². The number of piperidine rings is 1. The lowest BCUT2D eigenvalue weighted by molar-refractivity contribution is -0.143. The number of alkyl halides is 6. The van der Waals surface area contributed by atoms with Gasteiger partial charge in [-0.2, -0.15) is 26.3 Å². The molecule has 190 valence electrons. The van der Waals surface area contributed by atoms with Crippen LogP contribution in [0.3, 0.4) is 0 Å². The molecule has 35 heavy (non-hydrogen) atoms. The number of ether oxygens (including phenoxy) is 1. The number of carbonyl (C=O) groups is 1. The van der Waals surface area contributed by atoms with Crippen LogP contribution in [0.1, 0.15) is 54.5 Å². The first kappa shape index (κ1) is 25.5. The maximum absolute atomic E-state index is 13.4. The van der Waals surface area contributed by atoms with Crippen molar-refractivity contribution in [3.05, 3.63) is 70.8 Å². The Labute approximate surface area is 199 Å². The second-order valence-corrected chi connectivity index (χ2v) is 9.20. The van der Waals surface area contributed by atoms with Crippen LogP contribution in [0.25, 0.3) is 0 Å². The number of rotatable bonds is 5. The Balaban J connectivity index is 1.69. The predicted octanol–water partition coefficient (Wildman–Crippen LogP) is 5.58. The van der Waals surface area contributed by atoms with Crippen molar-refractivity contribution in [1.29, 1.82) is 0 Å². The highest BCUT2D eigenvalue weighted by Gasteiger charge is 2.56. The van der Waals surface area contributed by atoms with E-state index in [2.05, 4.69) is 10.6 Å². The van der Waals surface area contributed by atoms with E-state index >= 15 is 0 Å². The van der Waals surface area contributed by atoms with Crippen molar-refractivity contribution in [2.75, 3.05) is 7.05 Å². The Hall–Kier alpha value is -2.59. The average Bonchev–Trinajstić information content (AvgIpc) is 3.14. The lowest BCUT2D eigenvalue weighted by Crippen LogP contribution is -2.54. The number of nitrogens with one attached hydrogen (secondary N) is 2. The normalized spacial score (nSPS) is 27.5. The van der Waals surface area contributed by atoms with Crippen molar-refractivity contribution in [2.24, 2.45) is 5.92 Å². The Morgan fingerprint density at radius 2 is 1.63 bits per heavy atom. The molecule has 2 fully saturated rings. The van der Waals surface area contributed by atoms with Gasteiger partial charge in [-0.3, -0.25) is 4.79 Å². The second-order valence-electron chi connectivity index (χ2n) is 9.20. The fraction of sp³-hybridized carbons (Fsp3) is 0.480. The zero-order chi connectivity index (χ0) is 25.6. The summed E-state index contributed by atoms with van der Waals surface area (Å²) in [4.78, 5) is 12.5. The lowest BCUT2D eigenvalue weighted by atomic mass is 9.79. The molecule has 1 amide bonds. The maximum atomic E-state index is 13.4. The first-order valence-electron chi connectivity index (χ1n) is 11.3. The standard InChI is InChI=1S/C25H26F6N2O2/c1-14(15-10-17(24(26,27)28)12-18(11-15)25(29,30)31)35-21-9-8-20-19(22(34)32-2)13-23(21,33-20)16-6-4-3-5-7-16/h3-7,10-12,14,19-21,33H,8-9,13H2,1-2H3,(H,32,34)/t14?,19-,20+,21-,23-/m0/s1. The van der Waals surface area contributed by atoms with Crippen LogP contribution in [0.4, 0.5) is 26.3 Å².